The van der Waals surface area contributed by atoms with Gasteiger partial charge in [0.2, 0.25) is 0 Å². The maximum absolute atomic E-state index is 3.78. The summed E-state index contributed by atoms with van der Waals surface area (Å²) in [6, 6.07) is 43.1. The van der Waals surface area contributed by atoms with Crippen LogP contribution < -0.4 is 0 Å². The predicted molar refractivity (Wildman–Crippen MR) is 170 cm³/mol. The summed E-state index contributed by atoms with van der Waals surface area (Å²) in [5.74, 6) is 0. The minimum Gasteiger partial charge on any atom is -0.358 e. The summed E-state index contributed by atoms with van der Waals surface area (Å²) in [4.78, 5) is 0. The van der Waals surface area contributed by atoms with E-state index in [2.05, 4.69) is 155 Å². The minimum absolute atomic E-state index is 0. The van der Waals surface area contributed by atoms with Crippen molar-refractivity contribution in [2.75, 3.05) is 0 Å². The van der Waals surface area contributed by atoms with Gasteiger partial charge < -0.3 is 14.0 Å². The van der Waals surface area contributed by atoms with Gasteiger partial charge in [-0.2, -0.15) is 12.1 Å². The Morgan fingerprint density at radius 3 is 1.24 bits per heavy atom. The Labute approximate surface area is 250 Å². The smallest absolute Gasteiger partial charge is 0.358 e. The van der Waals surface area contributed by atoms with Crippen LogP contribution in [-0.4, -0.2) is 8.80 Å². The summed E-state index contributed by atoms with van der Waals surface area (Å²) in [6.45, 7) is 12.5. The standard InChI is InChI=1S/2C16H13.C3H9Si.CH3.Zr/c2*1-12-10-14-8-5-9-15(16(14)11-12)13-6-3-2-4-7-13;1-4(2)3;;/h2*2-11H,1H3;4H,1H2,2-3H3;1H3;/q4*-1;+4. The van der Waals surface area contributed by atoms with Crippen molar-refractivity contribution in [1.29, 1.82) is 0 Å². The van der Waals surface area contributed by atoms with Gasteiger partial charge in [0.15, 0.2) is 0 Å². The van der Waals surface area contributed by atoms with Gasteiger partial charge >= 0.3 is 26.2 Å². The summed E-state index contributed by atoms with van der Waals surface area (Å²) in [5, 5.41) is 5.37. The maximum atomic E-state index is 3.78. The molecule has 0 unspecified atom stereocenters. The molecule has 6 rings (SSSR count). The van der Waals surface area contributed by atoms with E-state index in [1.54, 1.807) is 0 Å². The molecule has 2 heteroatoms. The molecule has 0 amide bonds. The molecule has 0 nitrogen and oxygen atoms in total. The van der Waals surface area contributed by atoms with Crippen LogP contribution in [-0.2, 0) is 26.2 Å². The Bertz CT molecular complexity index is 1400. The average Bonchev–Trinajstić information content (AvgIpc) is 3.45. The summed E-state index contributed by atoms with van der Waals surface area (Å²) in [5.41, 5.74) is 7.89. The van der Waals surface area contributed by atoms with E-state index in [-0.39, 0.29) is 42.4 Å². The van der Waals surface area contributed by atoms with Crippen molar-refractivity contribution in [2.24, 2.45) is 0 Å². The van der Waals surface area contributed by atoms with Crippen molar-refractivity contribution in [3.8, 4) is 22.3 Å². The molecule has 6 aromatic carbocycles. The Kier molecular flexibility index (Phi) is 12.4. The second-order valence-corrected chi connectivity index (χ2v) is 12.6. The van der Waals surface area contributed by atoms with E-state index < -0.39 is 0 Å². The fourth-order valence-electron chi connectivity index (χ4n) is 4.51. The van der Waals surface area contributed by atoms with Gasteiger partial charge in [-0.3, -0.25) is 0 Å². The first-order valence-electron chi connectivity index (χ1n) is 12.7. The quantitative estimate of drug-likeness (QED) is 0.139. The van der Waals surface area contributed by atoms with E-state index in [4.69, 9.17) is 0 Å². The van der Waals surface area contributed by atoms with Gasteiger partial charge in [0.1, 0.15) is 0 Å². The van der Waals surface area contributed by atoms with Crippen LogP contribution in [0.15, 0.2) is 121 Å². The predicted octanol–water partition coefficient (Wildman–Crippen LogP) is 10.4. The monoisotopic (exact) mass is 588 g/mol. The molecule has 0 bridgehead atoms. The molecule has 0 aromatic heterocycles. The number of aryl methyl sites for hydroxylation is 2. The zero-order chi connectivity index (χ0) is 25.5. The third-order valence-corrected chi connectivity index (χ3v) is 5.96. The molecule has 38 heavy (non-hydrogen) atoms. The molecule has 0 heterocycles. The van der Waals surface area contributed by atoms with Gasteiger partial charge in [-0.1, -0.05) is 111 Å². The van der Waals surface area contributed by atoms with Gasteiger partial charge in [0.25, 0.3) is 0 Å². The topological polar surface area (TPSA) is 0 Å². The number of fused-ring (bicyclic) bond motifs is 2. The number of benzene rings is 4. The molecule has 0 spiro atoms. The van der Waals surface area contributed by atoms with E-state index in [0.717, 1.165) is 0 Å². The van der Waals surface area contributed by atoms with Crippen LogP contribution in [0.2, 0.25) is 13.1 Å². The van der Waals surface area contributed by atoms with Gasteiger partial charge in [0.05, 0.1) is 0 Å². The molecule has 0 aliphatic rings. The molecule has 0 radical (unpaired) electrons. The van der Waals surface area contributed by atoms with Crippen LogP contribution in [0.3, 0.4) is 0 Å². The average molecular weight is 590 g/mol. The van der Waals surface area contributed by atoms with Gasteiger partial charge in [-0.15, -0.1) is 77.9 Å². The van der Waals surface area contributed by atoms with Crippen LogP contribution in [0.1, 0.15) is 11.1 Å². The number of hydrogen-bond donors (Lipinski definition) is 0. The Balaban J connectivity index is 0.000000224. The maximum Gasteiger partial charge on any atom is 4.00 e. The van der Waals surface area contributed by atoms with E-state index in [9.17, 15) is 0 Å². The fourth-order valence-corrected chi connectivity index (χ4v) is 4.51. The second-order valence-electron chi connectivity index (χ2n) is 9.81. The van der Waals surface area contributed by atoms with E-state index in [1.165, 1.54) is 54.9 Å². The summed E-state index contributed by atoms with van der Waals surface area (Å²) >= 11 is 0. The molecule has 190 valence electrons. The van der Waals surface area contributed by atoms with Crippen molar-refractivity contribution in [2.45, 2.75) is 26.9 Å². The largest absolute Gasteiger partial charge is 4.00 e. The van der Waals surface area contributed by atoms with Crippen molar-refractivity contribution in [1.82, 2.24) is 0 Å². The third kappa shape index (κ3) is 8.10. The van der Waals surface area contributed by atoms with Crippen molar-refractivity contribution in [3.63, 3.8) is 0 Å². The molecule has 6 aromatic rings. The first-order chi connectivity index (χ1) is 17.4. The third-order valence-electron chi connectivity index (χ3n) is 5.96. The van der Waals surface area contributed by atoms with Gasteiger partial charge in [-0.25, -0.2) is 0 Å². The van der Waals surface area contributed by atoms with Crippen LogP contribution >= 0.6 is 0 Å². The Morgan fingerprint density at radius 2 is 0.895 bits per heavy atom. The van der Waals surface area contributed by atoms with Crippen molar-refractivity contribution in [3.05, 3.63) is 146 Å². The molecule has 0 saturated heterocycles. The van der Waals surface area contributed by atoms with Crippen LogP contribution in [0, 0.1) is 27.8 Å². The fraction of sp³-hybridized carbons (Fsp3) is 0.111. The molecule has 0 aliphatic carbocycles. The molecule has 0 saturated carbocycles. The Morgan fingerprint density at radius 1 is 0.553 bits per heavy atom. The van der Waals surface area contributed by atoms with E-state index >= 15 is 0 Å². The summed E-state index contributed by atoms with van der Waals surface area (Å²) < 4.78 is 0. The van der Waals surface area contributed by atoms with E-state index in [1.807, 2.05) is 0 Å². The summed E-state index contributed by atoms with van der Waals surface area (Å²) in [7, 11) is -0.389. The summed E-state index contributed by atoms with van der Waals surface area (Å²) in [6.07, 6.45) is 0. The van der Waals surface area contributed by atoms with E-state index in [0.29, 0.717) is 0 Å². The minimum atomic E-state index is -0.389. The normalized spacial score (nSPS) is 10.1. The van der Waals surface area contributed by atoms with Crippen LogP contribution in [0.5, 0.6) is 0 Å². The Hall–Kier alpha value is -2.80. The molecule has 0 aliphatic heterocycles. The molecule has 0 fully saturated rings. The van der Waals surface area contributed by atoms with Gasteiger partial charge in [0, 0.05) is 0 Å². The zero-order valence-corrected chi connectivity index (χ0v) is 26.9. The first-order valence-corrected chi connectivity index (χ1v) is 15.8. The van der Waals surface area contributed by atoms with Crippen molar-refractivity contribution < 1.29 is 26.2 Å². The molecular weight excluding hydrogens is 552 g/mol. The first kappa shape index (κ1) is 31.4. The molecule has 0 N–H and O–H groups in total. The molecule has 0 atom stereocenters. The zero-order valence-electron chi connectivity index (χ0n) is 23.3. The second kappa shape index (κ2) is 15.0. The number of rotatable bonds is 2. The molecular formula is C36H38SiZr. The van der Waals surface area contributed by atoms with Crippen LogP contribution in [0.25, 0.3) is 43.8 Å². The SMILES string of the molecule is Cc1cc2c(-c3ccccc3)cccc2[cH-]1.Cc1cc2c(-c3ccccc3)cccc2[cH-]1.[CH2-][SiH](C)C.[CH3-].[Zr+4]. The van der Waals surface area contributed by atoms with Crippen LogP contribution in [0.4, 0.5) is 0 Å². The van der Waals surface area contributed by atoms with Gasteiger partial charge in [-0.05, 0) is 11.1 Å². The van der Waals surface area contributed by atoms with Crippen molar-refractivity contribution >= 4 is 30.3 Å². The number of hydrogen-bond acceptors (Lipinski definition) is 0.